The zero-order valence-electron chi connectivity index (χ0n) is 12.3. The molecule has 22 heavy (non-hydrogen) atoms. The lowest BCUT2D eigenvalue weighted by molar-refractivity contribution is 0.262. The van der Waals surface area contributed by atoms with Crippen molar-refractivity contribution in [1.82, 2.24) is 9.97 Å². The van der Waals surface area contributed by atoms with E-state index in [-0.39, 0.29) is 17.7 Å². The predicted octanol–water partition coefficient (Wildman–Crippen LogP) is 3.10. The highest BCUT2D eigenvalue weighted by molar-refractivity contribution is 6.31. The van der Waals surface area contributed by atoms with E-state index < -0.39 is 6.03 Å². The molecule has 2 amide bonds. The van der Waals surface area contributed by atoms with Crippen molar-refractivity contribution in [2.45, 2.75) is 6.92 Å². The first kappa shape index (κ1) is 15.8. The zero-order valence-corrected chi connectivity index (χ0v) is 13.1. The highest BCUT2D eigenvalue weighted by Crippen LogP contribution is 2.23. The molecule has 8 heteroatoms. The molecule has 0 aliphatic carbocycles. The minimum Gasteiger partial charge on any atom is -0.481 e. The van der Waals surface area contributed by atoms with Crippen LogP contribution in [-0.2, 0) is 0 Å². The van der Waals surface area contributed by atoms with E-state index in [0.717, 1.165) is 5.56 Å². The summed E-state index contributed by atoms with van der Waals surface area (Å²) in [5.74, 6) is 0.621. The van der Waals surface area contributed by atoms with E-state index in [9.17, 15) is 4.79 Å². The Morgan fingerprint density at radius 3 is 2.36 bits per heavy atom. The fourth-order valence-electron chi connectivity index (χ4n) is 1.67. The molecule has 0 radical (unpaired) electrons. The molecule has 0 aliphatic heterocycles. The average Bonchev–Trinajstić information content (AvgIpc) is 2.51. The van der Waals surface area contributed by atoms with Crippen LogP contribution < -0.4 is 20.1 Å². The van der Waals surface area contributed by atoms with Crippen molar-refractivity contribution in [1.29, 1.82) is 0 Å². The van der Waals surface area contributed by atoms with Crippen molar-refractivity contribution in [3.63, 3.8) is 0 Å². The number of hydrogen-bond donors (Lipinski definition) is 2. The number of benzene rings is 1. The quantitative estimate of drug-likeness (QED) is 0.903. The van der Waals surface area contributed by atoms with Crippen LogP contribution >= 0.6 is 11.6 Å². The molecule has 2 aromatic rings. The van der Waals surface area contributed by atoms with Gasteiger partial charge in [0.15, 0.2) is 0 Å². The summed E-state index contributed by atoms with van der Waals surface area (Å²) in [6.07, 6.45) is 0. The summed E-state index contributed by atoms with van der Waals surface area (Å²) in [5.41, 5.74) is 1.36. The van der Waals surface area contributed by atoms with Crippen molar-refractivity contribution in [3.05, 3.63) is 34.9 Å². The van der Waals surface area contributed by atoms with Crippen molar-refractivity contribution < 1.29 is 14.3 Å². The molecule has 0 atom stereocenters. The molecule has 0 saturated heterocycles. The van der Waals surface area contributed by atoms with Gasteiger partial charge in [-0.2, -0.15) is 9.97 Å². The molecular weight excluding hydrogens is 308 g/mol. The lowest BCUT2D eigenvalue weighted by Crippen LogP contribution is -2.21. The van der Waals surface area contributed by atoms with Crippen LogP contribution in [0.5, 0.6) is 11.8 Å². The van der Waals surface area contributed by atoms with Gasteiger partial charge >= 0.3 is 6.03 Å². The van der Waals surface area contributed by atoms with Gasteiger partial charge in [-0.3, -0.25) is 5.32 Å². The van der Waals surface area contributed by atoms with Crippen LogP contribution in [-0.4, -0.2) is 30.2 Å². The Kier molecular flexibility index (Phi) is 5.00. The van der Waals surface area contributed by atoms with Gasteiger partial charge in [-0.1, -0.05) is 17.7 Å². The summed E-state index contributed by atoms with van der Waals surface area (Å²) in [7, 11) is 2.92. The second-order valence-corrected chi connectivity index (χ2v) is 4.67. The Morgan fingerprint density at radius 2 is 1.77 bits per heavy atom. The summed E-state index contributed by atoms with van der Waals surface area (Å²) >= 11 is 6.01. The van der Waals surface area contributed by atoms with Crippen LogP contribution in [0.2, 0.25) is 5.02 Å². The number of carbonyl (C=O) groups is 1. The van der Waals surface area contributed by atoms with E-state index in [0.29, 0.717) is 10.7 Å². The third-order valence-electron chi connectivity index (χ3n) is 2.84. The van der Waals surface area contributed by atoms with Gasteiger partial charge in [-0.05, 0) is 24.6 Å². The molecule has 2 N–H and O–H groups in total. The molecule has 0 bridgehead atoms. The number of anilines is 2. The van der Waals surface area contributed by atoms with Gasteiger partial charge in [0, 0.05) is 10.7 Å². The number of rotatable bonds is 4. The molecule has 2 rings (SSSR count). The maximum Gasteiger partial charge on any atom is 0.326 e. The van der Waals surface area contributed by atoms with E-state index in [2.05, 4.69) is 20.6 Å². The molecule has 0 spiro atoms. The Bertz CT molecular complexity index is 672. The van der Waals surface area contributed by atoms with Crippen LogP contribution in [0.15, 0.2) is 24.3 Å². The van der Waals surface area contributed by atoms with Gasteiger partial charge in [-0.25, -0.2) is 4.79 Å². The third kappa shape index (κ3) is 3.76. The molecule has 7 nitrogen and oxygen atoms in total. The molecule has 0 unspecified atom stereocenters. The highest BCUT2D eigenvalue weighted by Gasteiger charge is 2.10. The Balaban J connectivity index is 2.13. The molecule has 116 valence electrons. The van der Waals surface area contributed by atoms with E-state index >= 15 is 0 Å². The monoisotopic (exact) mass is 322 g/mol. The molecule has 0 fully saturated rings. The fraction of sp³-hybridized carbons (Fsp3) is 0.214. The number of methoxy groups -OCH3 is 2. The maximum absolute atomic E-state index is 12.0. The molecule has 0 aliphatic rings. The molecule has 1 heterocycles. The topological polar surface area (TPSA) is 85.4 Å². The average molecular weight is 323 g/mol. The van der Waals surface area contributed by atoms with E-state index in [1.807, 2.05) is 6.92 Å². The molecule has 1 aromatic carbocycles. The largest absolute Gasteiger partial charge is 0.481 e. The number of ether oxygens (including phenoxy) is 2. The first-order chi connectivity index (χ1) is 10.5. The van der Waals surface area contributed by atoms with Gasteiger partial charge < -0.3 is 14.8 Å². The Labute approximate surface area is 132 Å². The Hall–Kier alpha value is -2.54. The molecular formula is C14H15ClN4O3. The summed E-state index contributed by atoms with van der Waals surface area (Å²) in [6, 6.07) is 6.24. The summed E-state index contributed by atoms with van der Waals surface area (Å²) < 4.78 is 10.0. The minimum absolute atomic E-state index is 0.0633. The fourth-order valence-corrected chi connectivity index (χ4v) is 1.84. The number of carbonyl (C=O) groups excluding carboxylic acids is 1. The van der Waals surface area contributed by atoms with Gasteiger partial charge in [0.05, 0.1) is 20.3 Å². The van der Waals surface area contributed by atoms with E-state index in [4.69, 9.17) is 21.1 Å². The summed E-state index contributed by atoms with van der Waals surface area (Å²) in [5, 5.41) is 5.76. The van der Waals surface area contributed by atoms with Crippen molar-refractivity contribution in [2.24, 2.45) is 0 Å². The number of halogens is 1. The van der Waals surface area contributed by atoms with Crippen LogP contribution in [0.3, 0.4) is 0 Å². The number of nitrogens with zero attached hydrogens (tertiary/aromatic N) is 2. The smallest absolute Gasteiger partial charge is 0.326 e. The second kappa shape index (κ2) is 6.95. The number of urea groups is 1. The van der Waals surface area contributed by atoms with Crippen LogP contribution in [0.4, 0.5) is 16.4 Å². The molecule has 0 saturated carbocycles. The third-order valence-corrected chi connectivity index (χ3v) is 3.25. The van der Waals surface area contributed by atoms with Crippen LogP contribution in [0, 0.1) is 6.92 Å². The lowest BCUT2D eigenvalue weighted by Gasteiger charge is -2.11. The van der Waals surface area contributed by atoms with Crippen molar-refractivity contribution in [3.8, 4) is 11.8 Å². The lowest BCUT2D eigenvalue weighted by atomic mass is 10.2. The summed E-state index contributed by atoms with van der Waals surface area (Å²) in [4.78, 5) is 20.0. The predicted molar refractivity (Wildman–Crippen MR) is 84.0 cm³/mol. The Morgan fingerprint density at radius 1 is 1.14 bits per heavy atom. The van der Waals surface area contributed by atoms with Crippen molar-refractivity contribution >= 4 is 29.3 Å². The standard InChI is InChI=1S/C14H15ClN4O3/c1-8-9(15)5-4-6-10(8)16-14(20)19-13-17-11(21-2)7-12(18-13)22-3/h4-7H,1-3H3,(H2,16,17,18,19,20). The number of nitrogens with one attached hydrogen (secondary N) is 2. The number of amides is 2. The SMILES string of the molecule is COc1cc(OC)nc(NC(=O)Nc2cccc(Cl)c2C)n1. The number of hydrogen-bond acceptors (Lipinski definition) is 5. The number of aromatic nitrogens is 2. The van der Waals surface area contributed by atoms with Gasteiger partial charge in [0.25, 0.3) is 0 Å². The first-order valence-corrected chi connectivity index (χ1v) is 6.71. The zero-order chi connectivity index (χ0) is 16.1. The van der Waals surface area contributed by atoms with Gasteiger partial charge in [0.1, 0.15) is 0 Å². The minimum atomic E-state index is -0.499. The van der Waals surface area contributed by atoms with E-state index in [1.54, 1.807) is 18.2 Å². The van der Waals surface area contributed by atoms with Crippen molar-refractivity contribution in [2.75, 3.05) is 24.9 Å². The van der Waals surface area contributed by atoms with Crippen LogP contribution in [0.25, 0.3) is 0 Å². The van der Waals surface area contributed by atoms with Crippen LogP contribution in [0.1, 0.15) is 5.56 Å². The van der Waals surface area contributed by atoms with Gasteiger partial charge in [-0.15, -0.1) is 0 Å². The second-order valence-electron chi connectivity index (χ2n) is 4.27. The first-order valence-electron chi connectivity index (χ1n) is 6.33. The van der Waals surface area contributed by atoms with E-state index in [1.165, 1.54) is 20.3 Å². The normalized spacial score (nSPS) is 10.0. The highest BCUT2D eigenvalue weighted by atomic mass is 35.5. The van der Waals surface area contributed by atoms with Gasteiger partial charge in [0.2, 0.25) is 17.7 Å². The summed E-state index contributed by atoms with van der Waals surface area (Å²) in [6.45, 7) is 1.81. The maximum atomic E-state index is 12.0. The molecule has 1 aromatic heterocycles.